The van der Waals surface area contributed by atoms with Gasteiger partial charge >= 0.3 is 0 Å². The van der Waals surface area contributed by atoms with Crippen molar-refractivity contribution in [1.29, 1.82) is 0 Å². The molecule has 0 bridgehead atoms. The third kappa shape index (κ3) is 2.05. The second-order valence-corrected chi connectivity index (χ2v) is 5.52. The lowest BCUT2D eigenvalue weighted by Crippen LogP contribution is -2.34. The summed E-state index contributed by atoms with van der Waals surface area (Å²) >= 11 is 0. The van der Waals surface area contributed by atoms with Crippen LogP contribution in [0.5, 0.6) is 0 Å². The van der Waals surface area contributed by atoms with E-state index in [1.807, 2.05) is 0 Å². The number of nitrogens with one attached hydrogen (secondary N) is 2. The molecule has 3 rings (SSSR count). The van der Waals surface area contributed by atoms with Crippen molar-refractivity contribution in [2.24, 2.45) is 0 Å². The van der Waals surface area contributed by atoms with Crippen molar-refractivity contribution in [1.82, 2.24) is 10.3 Å². The molecule has 96 valence electrons. The van der Waals surface area contributed by atoms with Crippen LogP contribution in [0.2, 0.25) is 0 Å². The summed E-state index contributed by atoms with van der Waals surface area (Å²) in [4.78, 5) is 3.59. The molecule has 1 aliphatic carbocycles. The van der Waals surface area contributed by atoms with Crippen LogP contribution in [-0.4, -0.2) is 17.6 Å². The first kappa shape index (κ1) is 11.8. The summed E-state index contributed by atoms with van der Waals surface area (Å²) in [5.74, 6) is 0. The van der Waals surface area contributed by atoms with E-state index in [1.54, 1.807) is 5.56 Å². The SMILES string of the molecule is CCCNC1CCc2[nH]c3ccc(C)cc3c2C1. The molecule has 0 amide bonds. The van der Waals surface area contributed by atoms with E-state index in [2.05, 4.69) is 42.3 Å². The number of benzene rings is 1. The smallest absolute Gasteiger partial charge is 0.0459 e. The molecule has 18 heavy (non-hydrogen) atoms. The van der Waals surface area contributed by atoms with Crippen LogP contribution < -0.4 is 5.32 Å². The normalized spacial score (nSPS) is 19.1. The average molecular weight is 242 g/mol. The van der Waals surface area contributed by atoms with Crippen LogP contribution in [0.4, 0.5) is 0 Å². The molecule has 1 atom stereocenters. The molecule has 0 saturated carbocycles. The van der Waals surface area contributed by atoms with E-state index in [0.29, 0.717) is 6.04 Å². The molecule has 2 aromatic rings. The zero-order chi connectivity index (χ0) is 12.5. The Morgan fingerprint density at radius 2 is 2.28 bits per heavy atom. The van der Waals surface area contributed by atoms with E-state index in [4.69, 9.17) is 0 Å². The maximum atomic E-state index is 3.67. The largest absolute Gasteiger partial charge is 0.358 e. The van der Waals surface area contributed by atoms with E-state index >= 15 is 0 Å². The Labute approximate surface area is 109 Å². The Morgan fingerprint density at radius 3 is 3.11 bits per heavy atom. The van der Waals surface area contributed by atoms with E-state index in [0.717, 1.165) is 6.54 Å². The summed E-state index contributed by atoms with van der Waals surface area (Å²) in [5.41, 5.74) is 5.67. The lowest BCUT2D eigenvalue weighted by Gasteiger charge is -2.23. The van der Waals surface area contributed by atoms with Crippen molar-refractivity contribution in [2.45, 2.75) is 45.6 Å². The molecule has 1 aromatic heterocycles. The molecule has 0 spiro atoms. The van der Waals surface area contributed by atoms with Crippen molar-refractivity contribution < 1.29 is 0 Å². The Bertz CT molecular complexity index is 553. The summed E-state index contributed by atoms with van der Waals surface area (Å²) < 4.78 is 0. The summed E-state index contributed by atoms with van der Waals surface area (Å²) in [6, 6.07) is 7.40. The van der Waals surface area contributed by atoms with Crippen LogP contribution in [0.3, 0.4) is 0 Å². The van der Waals surface area contributed by atoms with Crippen molar-refractivity contribution in [3.63, 3.8) is 0 Å². The van der Waals surface area contributed by atoms with Crippen molar-refractivity contribution >= 4 is 10.9 Å². The number of aryl methyl sites for hydroxylation is 2. The standard InChI is InChI=1S/C16H22N2/c1-3-8-17-12-5-7-16-14(10-12)13-9-11(2)4-6-15(13)18-16/h4,6,9,12,17-18H,3,5,7-8,10H2,1-2H3. The lowest BCUT2D eigenvalue weighted by atomic mass is 9.91. The third-order valence-corrected chi connectivity index (χ3v) is 4.03. The van der Waals surface area contributed by atoms with Gasteiger partial charge in [-0.05, 0) is 56.8 Å². The number of fused-ring (bicyclic) bond motifs is 3. The molecular formula is C16H22N2. The van der Waals surface area contributed by atoms with Gasteiger partial charge in [-0.15, -0.1) is 0 Å². The Hall–Kier alpha value is -1.28. The van der Waals surface area contributed by atoms with Crippen LogP contribution >= 0.6 is 0 Å². The number of aromatic nitrogens is 1. The van der Waals surface area contributed by atoms with Gasteiger partial charge < -0.3 is 10.3 Å². The van der Waals surface area contributed by atoms with E-state index in [1.165, 1.54) is 47.8 Å². The molecule has 1 heterocycles. The minimum Gasteiger partial charge on any atom is -0.358 e. The van der Waals surface area contributed by atoms with Gasteiger partial charge in [0.1, 0.15) is 0 Å². The number of hydrogen-bond donors (Lipinski definition) is 2. The topological polar surface area (TPSA) is 27.8 Å². The first-order valence-corrected chi connectivity index (χ1v) is 7.11. The summed E-state index contributed by atoms with van der Waals surface area (Å²) in [6.07, 6.45) is 4.85. The zero-order valence-corrected chi connectivity index (χ0v) is 11.3. The predicted octanol–water partition coefficient (Wildman–Crippen LogP) is 3.33. The maximum Gasteiger partial charge on any atom is 0.0459 e. The molecule has 1 unspecified atom stereocenters. The molecule has 0 aliphatic heterocycles. The highest BCUT2D eigenvalue weighted by molar-refractivity contribution is 5.85. The first-order valence-electron chi connectivity index (χ1n) is 7.11. The molecule has 0 fully saturated rings. The number of rotatable bonds is 3. The summed E-state index contributed by atoms with van der Waals surface area (Å²) in [7, 11) is 0. The van der Waals surface area contributed by atoms with Gasteiger partial charge in [0.05, 0.1) is 0 Å². The van der Waals surface area contributed by atoms with Crippen LogP contribution in [0, 0.1) is 6.92 Å². The average Bonchev–Trinajstić information content (AvgIpc) is 2.74. The predicted molar refractivity (Wildman–Crippen MR) is 77.1 cm³/mol. The van der Waals surface area contributed by atoms with Crippen molar-refractivity contribution in [3.8, 4) is 0 Å². The molecule has 2 N–H and O–H groups in total. The van der Waals surface area contributed by atoms with Crippen LogP contribution in [0.15, 0.2) is 18.2 Å². The molecule has 0 radical (unpaired) electrons. The van der Waals surface area contributed by atoms with Crippen LogP contribution in [-0.2, 0) is 12.8 Å². The van der Waals surface area contributed by atoms with Crippen LogP contribution in [0.25, 0.3) is 10.9 Å². The maximum absolute atomic E-state index is 3.67. The van der Waals surface area contributed by atoms with Gasteiger partial charge in [-0.2, -0.15) is 0 Å². The monoisotopic (exact) mass is 242 g/mol. The highest BCUT2D eigenvalue weighted by atomic mass is 14.9. The summed E-state index contributed by atoms with van der Waals surface area (Å²) in [5, 5.41) is 5.11. The molecule has 2 heteroatoms. The van der Waals surface area contributed by atoms with Gasteiger partial charge in [0, 0.05) is 22.6 Å². The van der Waals surface area contributed by atoms with Gasteiger partial charge in [-0.1, -0.05) is 18.6 Å². The minimum absolute atomic E-state index is 0.664. The lowest BCUT2D eigenvalue weighted by molar-refractivity contribution is 0.458. The molecule has 1 aromatic carbocycles. The number of H-pyrrole nitrogens is 1. The quantitative estimate of drug-likeness (QED) is 0.849. The highest BCUT2D eigenvalue weighted by Crippen LogP contribution is 2.29. The fourth-order valence-electron chi connectivity index (χ4n) is 3.05. The first-order chi connectivity index (χ1) is 8.78. The Kier molecular flexibility index (Phi) is 3.13. The third-order valence-electron chi connectivity index (χ3n) is 4.03. The van der Waals surface area contributed by atoms with Gasteiger partial charge in [-0.25, -0.2) is 0 Å². The molecular weight excluding hydrogens is 220 g/mol. The van der Waals surface area contributed by atoms with Crippen LogP contribution in [0.1, 0.15) is 36.6 Å². The van der Waals surface area contributed by atoms with E-state index in [9.17, 15) is 0 Å². The van der Waals surface area contributed by atoms with E-state index in [-0.39, 0.29) is 0 Å². The van der Waals surface area contributed by atoms with Gasteiger partial charge in [-0.3, -0.25) is 0 Å². The minimum atomic E-state index is 0.664. The fraction of sp³-hybridized carbons (Fsp3) is 0.500. The van der Waals surface area contributed by atoms with E-state index < -0.39 is 0 Å². The second kappa shape index (κ2) is 4.77. The fourth-order valence-corrected chi connectivity index (χ4v) is 3.05. The van der Waals surface area contributed by atoms with Crippen molar-refractivity contribution in [3.05, 3.63) is 35.0 Å². The van der Waals surface area contributed by atoms with Gasteiger partial charge in [0.25, 0.3) is 0 Å². The Morgan fingerprint density at radius 1 is 1.39 bits per heavy atom. The number of hydrogen-bond acceptors (Lipinski definition) is 1. The summed E-state index contributed by atoms with van der Waals surface area (Å²) in [6.45, 7) is 5.55. The van der Waals surface area contributed by atoms with Crippen molar-refractivity contribution in [2.75, 3.05) is 6.54 Å². The number of aromatic amines is 1. The molecule has 2 nitrogen and oxygen atoms in total. The zero-order valence-electron chi connectivity index (χ0n) is 11.3. The second-order valence-electron chi connectivity index (χ2n) is 5.52. The Balaban J connectivity index is 1.93. The van der Waals surface area contributed by atoms with Gasteiger partial charge in [0.15, 0.2) is 0 Å². The van der Waals surface area contributed by atoms with Gasteiger partial charge in [0.2, 0.25) is 0 Å². The highest BCUT2D eigenvalue weighted by Gasteiger charge is 2.21. The molecule has 1 aliphatic rings. The molecule has 0 saturated heterocycles.